The summed E-state index contributed by atoms with van der Waals surface area (Å²) in [4.78, 5) is 0. The predicted octanol–water partition coefficient (Wildman–Crippen LogP) is 3.34. The molecule has 1 unspecified atom stereocenters. The molecule has 0 aliphatic heterocycles. The Morgan fingerprint density at radius 3 is 2.53 bits per heavy atom. The Morgan fingerprint density at radius 1 is 1.06 bits per heavy atom. The van der Waals surface area contributed by atoms with Crippen LogP contribution in [0.3, 0.4) is 0 Å². The Balaban J connectivity index is 2.08. The molecular formula is C15H19NO. The highest BCUT2D eigenvalue weighted by Gasteiger charge is 2.13. The Bertz CT molecular complexity index is 408. The van der Waals surface area contributed by atoms with Gasteiger partial charge in [-0.05, 0) is 43.0 Å². The van der Waals surface area contributed by atoms with Gasteiger partial charge in [0.15, 0.2) is 0 Å². The third kappa shape index (κ3) is 3.46. The van der Waals surface area contributed by atoms with E-state index >= 15 is 0 Å². The van der Waals surface area contributed by atoms with E-state index in [2.05, 4.69) is 30.3 Å². The van der Waals surface area contributed by atoms with Crippen molar-refractivity contribution >= 4 is 0 Å². The Hall–Kier alpha value is -1.54. The lowest BCUT2D eigenvalue weighted by Crippen LogP contribution is -2.06. The highest BCUT2D eigenvalue weighted by Crippen LogP contribution is 2.25. The molecule has 0 aliphatic carbocycles. The second kappa shape index (κ2) is 6.26. The van der Waals surface area contributed by atoms with E-state index in [4.69, 9.17) is 10.2 Å². The molecular weight excluding hydrogens is 210 g/mol. The second-order valence-corrected chi connectivity index (χ2v) is 4.32. The SMILES string of the molecule is NCCCC(Cc1ccco1)c1ccccc1. The van der Waals surface area contributed by atoms with Crippen molar-refractivity contribution in [2.45, 2.75) is 25.2 Å². The summed E-state index contributed by atoms with van der Waals surface area (Å²) < 4.78 is 5.43. The standard InChI is InChI=1S/C15H19NO/c16-10-4-8-14(12-15-9-5-11-17-15)13-6-2-1-3-7-13/h1-3,5-7,9,11,14H,4,8,10,12,16H2. The molecule has 0 radical (unpaired) electrons. The van der Waals surface area contributed by atoms with Crippen LogP contribution in [0, 0.1) is 0 Å². The van der Waals surface area contributed by atoms with Gasteiger partial charge in [-0.25, -0.2) is 0 Å². The van der Waals surface area contributed by atoms with Crippen LogP contribution in [0.2, 0.25) is 0 Å². The van der Waals surface area contributed by atoms with Crippen LogP contribution in [-0.4, -0.2) is 6.54 Å². The zero-order chi connectivity index (χ0) is 11.9. The van der Waals surface area contributed by atoms with Crippen molar-refractivity contribution in [1.29, 1.82) is 0 Å². The van der Waals surface area contributed by atoms with Crippen molar-refractivity contribution in [1.82, 2.24) is 0 Å². The van der Waals surface area contributed by atoms with E-state index in [9.17, 15) is 0 Å². The molecule has 0 amide bonds. The van der Waals surface area contributed by atoms with Crippen LogP contribution in [0.4, 0.5) is 0 Å². The fourth-order valence-corrected chi connectivity index (χ4v) is 2.15. The summed E-state index contributed by atoms with van der Waals surface area (Å²) >= 11 is 0. The molecule has 17 heavy (non-hydrogen) atoms. The Kier molecular flexibility index (Phi) is 4.39. The van der Waals surface area contributed by atoms with Gasteiger partial charge in [0.2, 0.25) is 0 Å². The number of nitrogens with two attached hydrogens (primary N) is 1. The molecule has 0 saturated heterocycles. The van der Waals surface area contributed by atoms with E-state index < -0.39 is 0 Å². The van der Waals surface area contributed by atoms with Gasteiger partial charge < -0.3 is 10.2 Å². The maximum absolute atomic E-state index is 5.60. The van der Waals surface area contributed by atoms with Crippen LogP contribution < -0.4 is 5.73 Å². The van der Waals surface area contributed by atoms with Gasteiger partial charge in [-0.3, -0.25) is 0 Å². The lowest BCUT2D eigenvalue weighted by Gasteiger charge is -2.15. The molecule has 2 nitrogen and oxygen atoms in total. The highest BCUT2D eigenvalue weighted by molar-refractivity contribution is 5.21. The van der Waals surface area contributed by atoms with Gasteiger partial charge in [-0.1, -0.05) is 30.3 Å². The first-order valence-electron chi connectivity index (χ1n) is 6.17. The molecule has 0 saturated carbocycles. The minimum Gasteiger partial charge on any atom is -0.469 e. The Labute approximate surface area is 102 Å². The zero-order valence-electron chi connectivity index (χ0n) is 10.0. The quantitative estimate of drug-likeness (QED) is 0.825. The lowest BCUT2D eigenvalue weighted by atomic mass is 9.90. The molecule has 1 heterocycles. The summed E-state index contributed by atoms with van der Waals surface area (Å²) in [5, 5.41) is 0. The van der Waals surface area contributed by atoms with Crippen molar-refractivity contribution in [3.8, 4) is 0 Å². The van der Waals surface area contributed by atoms with Gasteiger partial charge in [0.25, 0.3) is 0 Å². The van der Waals surface area contributed by atoms with Crippen molar-refractivity contribution < 1.29 is 4.42 Å². The number of furan rings is 1. The van der Waals surface area contributed by atoms with Gasteiger partial charge in [0.1, 0.15) is 5.76 Å². The fraction of sp³-hybridized carbons (Fsp3) is 0.333. The summed E-state index contributed by atoms with van der Waals surface area (Å²) in [6.07, 6.45) is 4.86. The van der Waals surface area contributed by atoms with Crippen molar-refractivity contribution in [2.24, 2.45) is 5.73 Å². The van der Waals surface area contributed by atoms with Gasteiger partial charge in [-0.15, -0.1) is 0 Å². The zero-order valence-corrected chi connectivity index (χ0v) is 10.0. The molecule has 0 bridgehead atoms. The van der Waals surface area contributed by atoms with Crippen molar-refractivity contribution in [2.75, 3.05) is 6.54 Å². The molecule has 0 fully saturated rings. The van der Waals surface area contributed by atoms with Crippen LogP contribution >= 0.6 is 0 Å². The Morgan fingerprint density at radius 2 is 1.88 bits per heavy atom. The van der Waals surface area contributed by atoms with Gasteiger partial charge >= 0.3 is 0 Å². The molecule has 90 valence electrons. The molecule has 0 aliphatic rings. The third-order valence-electron chi connectivity index (χ3n) is 3.06. The maximum atomic E-state index is 5.60. The lowest BCUT2D eigenvalue weighted by molar-refractivity contribution is 0.471. The molecule has 1 atom stereocenters. The molecule has 2 N–H and O–H groups in total. The first-order valence-corrected chi connectivity index (χ1v) is 6.17. The summed E-state index contributed by atoms with van der Waals surface area (Å²) in [5.74, 6) is 1.56. The smallest absolute Gasteiger partial charge is 0.104 e. The van der Waals surface area contributed by atoms with E-state index in [-0.39, 0.29) is 0 Å². The average Bonchev–Trinajstić information content (AvgIpc) is 2.88. The largest absolute Gasteiger partial charge is 0.469 e. The van der Waals surface area contributed by atoms with Crippen LogP contribution in [0.5, 0.6) is 0 Å². The van der Waals surface area contributed by atoms with Crippen LogP contribution in [0.1, 0.15) is 30.1 Å². The molecule has 0 spiro atoms. The topological polar surface area (TPSA) is 39.2 Å². The van der Waals surface area contributed by atoms with E-state index in [0.29, 0.717) is 5.92 Å². The monoisotopic (exact) mass is 229 g/mol. The molecule has 1 aromatic carbocycles. The van der Waals surface area contributed by atoms with Crippen LogP contribution in [0.25, 0.3) is 0 Å². The number of rotatable bonds is 6. The van der Waals surface area contributed by atoms with E-state index in [1.807, 2.05) is 12.1 Å². The summed E-state index contributed by atoms with van der Waals surface area (Å²) in [5.41, 5.74) is 6.98. The van der Waals surface area contributed by atoms with E-state index in [1.165, 1.54) is 5.56 Å². The third-order valence-corrected chi connectivity index (χ3v) is 3.06. The van der Waals surface area contributed by atoms with Crippen molar-refractivity contribution in [3.63, 3.8) is 0 Å². The minimum atomic E-state index is 0.505. The summed E-state index contributed by atoms with van der Waals surface area (Å²) in [7, 11) is 0. The summed E-state index contributed by atoms with van der Waals surface area (Å²) in [6.45, 7) is 0.751. The fourth-order valence-electron chi connectivity index (χ4n) is 2.15. The number of hydrogen-bond acceptors (Lipinski definition) is 2. The number of benzene rings is 1. The van der Waals surface area contributed by atoms with Gasteiger partial charge in [-0.2, -0.15) is 0 Å². The molecule has 2 rings (SSSR count). The summed E-state index contributed by atoms with van der Waals surface area (Å²) in [6, 6.07) is 14.6. The predicted molar refractivity (Wildman–Crippen MR) is 69.9 cm³/mol. The maximum Gasteiger partial charge on any atom is 0.104 e. The number of hydrogen-bond donors (Lipinski definition) is 1. The first-order chi connectivity index (χ1) is 8.40. The van der Waals surface area contributed by atoms with Crippen LogP contribution in [0.15, 0.2) is 53.1 Å². The molecule has 2 aromatic rings. The first kappa shape index (κ1) is 11.9. The van der Waals surface area contributed by atoms with Crippen LogP contribution in [-0.2, 0) is 6.42 Å². The van der Waals surface area contributed by atoms with Gasteiger partial charge in [0.05, 0.1) is 6.26 Å². The minimum absolute atomic E-state index is 0.505. The normalized spacial score (nSPS) is 12.5. The highest BCUT2D eigenvalue weighted by atomic mass is 16.3. The van der Waals surface area contributed by atoms with E-state index in [0.717, 1.165) is 31.6 Å². The second-order valence-electron chi connectivity index (χ2n) is 4.32. The van der Waals surface area contributed by atoms with Crippen molar-refractivity contribution in [3.05, 3.63) is 60.1 Å². The average molecular weight is 229 g/mol. The van der Waals surface area contributed by atoms with E-state index in [1.54, 1.807) is 6.26 Å². The molecule has 1 aromatic heterocycles. The van der Waals surface area contributed by atoms with Gasteiger partial charge in [0, 0.05) is 6.42 Å². The molecule has 2 heteroatoms.